The number of anilines is 1. The average molecular weight is 191 g/mol. The number of nitrogens with one attached hydrogen (secondary N) is 1. The molecule has 1 heterocycles. The van der Waals surface area contributed by atoms with Gasteiger partial charge in [0.15, 0.2) is 11.5 Å². The van der Waals surface area contributed by atoms with Gasteiger partial charge in [-0.25, -0.2) is 0 Å². The average Bonchev–Trinajstić information content (AvgIpc) is 2.23. The molecule has 0 saturated heterocycles. The molecular formula is C9H9N3O2. The van der Waals surface area contributed by atoms with Crippen LogP contribution in [0.1, 0.15) is 0 Å². The van der Waals surface area contributed by atoms with Crippen molar-refractivity contribution in [2.45, 2.75) is 0 Å². The van der Waals surface area contributed by atoms with Crippen molar-refractivity contribution in [1.29, 1.82) is 0 Å². The monoisotopic (exact) mass is 191 g/mol. The number of hydrogen-bond donors (Lipinski definition) is 3. The van der Waals surface area contributed by atoms with E-state index >= 15 is 0 Å². The predicted molar refractivity (Wildman–Crippen MR) is 53.0 cm³/mol. The van der Waals surface area contributed by atoms with Crippen LogP contribution in [0.25, 0.3) is 0 Å². The fraction of sp³-hybridized carbons (Fsp3) is 0. The first-order valence-corrected chi connectivity index (χ1v) is 4.05. The zero-order valence-corrected chi connectivity index (χ0v) is 7.25. The standard InChI is InChI=1S/C9H9N3O2/c13-8-3-2-7(6-9(8)14)12-10-4-1-5-11-12/h1-6,10,13-14H. The Bertz CT molecular complexity index is 401. The highest BCUT2D eigenvalue weighted by molar-refractivity contribution is 5.73. The van der Waals surface area contributed by atoms with Gasteiger partial charge in [0.25, 0.3) is 0 Å². The first-order valence-electron chi connectivity index (χ1n) is 4.05. The minimum atomic E-state index is -0.172. The van der Waals surface area contributed by atoms with Crippen LogP contribution in [0, 0.1) is 0 Å². The highest BCUT2D eigenvalue weighted by atomic mass is 16.3. The Kier molecular flexibility index (Phi) is 1.98. The summed E-state index contributed by atoms with van der Waals surface area (Å²) < 4.78 is 0. The summed E-state index contributed by atoms with van der Waals surface area (Å²) in [6.07, 6.45) is 5.06. The Hall–Kier alpha value is -2.17. The second-order valence-corrected chi connectivity index (χ2v) is 2.74. The third kappa shape index (κ3) is 1.47. The second kappa shape index (κ2) is 3.29. The number of allylic oxidation sites excluding steroid dienone is 1. The first kappa shape index (κ1) is 8.43. The minimum absolute atomic E-state index is 0.148. The molecule has 72 valence electrons. The quantitative estimate of drug-likeness (QED) is 0.577. The third-order valence-electron chi connectivity index (χ3n) is 1.76. The van der Waals surface area contributed by atoms with Crippen molar-refractivity contribution in [3.63, 3.8) is 0 Å². The van der Waals surface area contributed by atoms with E-state index in [1.807, 2.05) is 0 Å². The van der Waals surface area contributed by atoms with Crippen LogP contribution in [0.3, 0.4) is 0 Å². The molecule has 3 N–H and O–H groups in total. The molecule has 5 heteroatoms. The smallest absolute Gasteiger partial charge is 0.159 e. The van der Waals surface area contributed by atoms with E-state index in [2.05, 4.69) is 10.5 Å². The van der Waals surface area contributed by atoms with E-state index in [1.165, 1.54) is 17.3 Å². The number of benzene rings is 1. The van der Waals surface area contributed by atoms with Gasteiger partial charge in [-0.3, -0.25) is 5.43 Å². The van der Waals surface area contributed by atoms with Crippen LogP contribution in [-0.4, -0.2) is 16.4 Å². The number of hydrogen-bond acceptors (Lipinski definition) is 5. The molecule has 1 aliphatic heterocycles. The van der Waals surface area contributed by atoms with Crippen molar-refractivity contribution in [2.24, 2.45) is 5.10 Å². The molecule has 14 heavy (non-hydrogen) atoms. The summed E-state index contributed by atoms with van der Waals surface area (Å²) >= 11 is 0. The summed E-state index contributed by atoms with van der Waals surface area (Å²) in [5, 5.41) is 23.8. The van der Waals surface area contributed by atoms with Crippen LogP contribution in [0.2, 0.25) is 0 Å². The maximum absolute atomic E-state index is 9.26. The Morgan fingerprint density at radius 2 is 2.07 bits per heavy atom. The lowest BCUT2D eigenvalue weighted by atomic mass is 10.3. The lowest BCUT2D eigenvalue weighted by Crippen LogP contribution is -2.30. The Labute approximate surface area is 80.6 Å². The predicted octanol–water partition coefficient (Wildman–Crippen LogP) is 0.922. The van der Waals surface area contributed by atoms with Gasteiger partial charge in [0.1, 0.15) is 0 Å². The van der Waals surface area contributed by atoms with Crippen LogP contribution >= 0.6 is 0 Å². The zero-order valence-electron chi connectivity index (χ0n) is 7.25. The number of phenolic OH excluding ortho intramolecular Hbond substituents is 2. The van der Waals surface area contributed by atoms with Gasteiger partial charge in [0.05, 0.1) is 11.9 Å². The number of aromatic hydroxyl groups is 2. The van der Waals surface area contributed by atoms with Gasteiger partial charge in [-0.15, -0.1) is 0 Å². The van der Waals surface area contributed by atoms with E-state index in [1.54, 1.807) is 24.6 Å². The zero-order chi connectivity index (χ0) is 9.97. The molecular weight excluding hydrogens is 182 g/mol. The van der Waals surface area contributed by atoms with Gasteiger partial charge in [0, 0.05) is 12.3 Å². The normalized spacial score (nSPS) is 14.1. The van der Waals surface area contributed by atoms with E-state index in [9.17, 15) is 5.11 Å². The van der Waals surface area contributed by atoms with Crippen molar-refractivity contribution in [3.05, 3.63) is 30.5 Å². The van der Waals surface area contributed by atoms with Crippen LogP contribution in [0.4, 0.5) is 5.69 Å². The third-order valence-corrected chi connectivity index (χ3v) is 1.76. The summed E-state index contributed by atoms with van der Waals surface area (Å²) in [4.78, 5) is 0. The number of phenols is 2. The Morgan fingerprint density at radius 1 is 1.21 bits per heavy atom. The summed E-state index contributed by atoms with van der Waals surface area (Å²) in [5.74, 6) is -0.320. The van der Waals surface area contributed by atoms with Gasteiger partial charge in [-0.05, 0) is 18.2 Å². The molecule has 0 amide bonds. The van der Waals surface area contributed by atoms with E-state index in [4.69, 9.17) is 5.11 Å². The SMILES string of the molecule is Oc1ccc(N2N=CC=CN2)cc1O. The van der Waals surface area contributed by atoms with Crippen molar-refractivity contribution in [2.75, 3.05) is 5.12 Å². The van der Waals surface area contributed by atoms with E-state index in [-0.39, 0.29) is 11.5 Å². The van der Waals surface area contributed by atoms with Gasteiger partial charge < -0.3 is 10.2 Å². The molecule has 0 aliphatic carbocycles. The van der Waals surface area contributed by atoms with Gasteiger partial charge in [-0.2, -0.15) is 10.2 Å². The molecule has 0 fully saturated rings. The summed E-state index contributed by atoms with van der Waals surface area (Å²) in [7, 11) is 0. The van der Waals surface area contributed by atoms with E-state index in [0.717, 1.165) is 0 Å². The molecule has 1 aromatic rings. The largest absolute Gasteiger partial charge is 0.504 e. The van der Waals surface area contributed by atoms with Crippen LogP contribution in [-0.2, 0) is 0 Å². The number of nitrogens with zero attached hydrogens (tertiary/aromatic N) is 2. The molecule has 0 saturated carbocycles. The van der Waals surface area contributed by atoms with Crippen LogP contribution in [0.5, 0.6) is 11.5 Å². The molecule has 0 aromatic heterocycles. The summed E-state index contributed by atoms with van der Waals surface area (Å²) in [6.45, 7) is 0. The summed E-state index contributed by atoms with van der Waals surface area (Å²) in [5.41, 5.74) is 3.48. The lowest BCUT2D eigenvalue weighted by Gasteiger charge is -2.20. The fourth-order valence-electron chi connectivity index (χ4n) is 1.08. The fourth-order valence-corrected chi connectivity index (χ4v) is 1.08. The second-order valence-electron chi connectivity index (χ2n) is 2.74. The first-order chi connectivity index (χ1) is 6.77. The molecule has 0 unspecified atom stereocenters. The van der Waals surface area contributed by atoms with Gasteiger partial charge in [-0.1, -0.05) is 0 Å². The highest BCUT2D eigenvalue weighted by Crippen LogP contribution is 2.29. The van der Waals surface area contributed by atoms with Crippen LogP contribution in [0.15, 0.2) is 35.6 Å². The molecule has 1 aromatic carbocycles. The molecule has 0 spiro atoms. The number of hydrazone groups is 1. The van der Waals surface area contributed by atoms with Crippen molar-refractivity contribution < 1.29 is 10.2 Å². The number of rotatable bonds is 1. The van der Waals surface area contributed by atoms with Crippen molar-refractivity contribution in [1.82, 2.24) is 5.43 Å². The van der Waals surface area contributed by atoms with E-state index < -0.39 is 0 Å². The molecule has 2 rings (SSSR count). The Morgan fingerprint density at radius 3 is 2.71 bits per heavy atom. The maximum atomic E-state index is 9.26. The topological polar surface area (TPSA) is 68.1 Å². The van der Waals surface area contributed by atoms with Gasteiger partial charge in [0.2, 0.25) is 0 Å². The molecule has 0 radical (unpaired) electrons. The molecule has 0 atom stereocenters. The van der Waals surface area contributed by atoms with E-state index in [0.29, 0.717) is 5.69 Å². The molecule has 0 bridgehead atoms. The number of hydrazine groups is 1. The van der Waals surface area contributed by atoms with Crippen LogP contribution < -0.4 is 10.5 Å². The Balaban J connectivity index is 2.28. The molecule has 1 aliphatic rings. The van der Waals surface area contributed by atoms with Crippen molar-refractivity contribution >= 4 is 11.9 Å². The van der Waals surface area contributed by atoms with Crippen molar-refractivity contribution in [3.8, 4) is 11.5 Å². The maximum Gasteiger partial charge on any atom is 0.159 e. The molecule has 5 nitrogen and oxygen atoms in total. The minimum Gasteiger partial charge on any atom is -0.504 e. The highest BCUT2D eigenvalue weighted by Gasteiger charge is 2.07. The van der Waals surface area contributed by atoms with Gasteiger partial charge >= 0.3 is 0 Å². The lowest BCUT2D eigenvalue weighted by molar-refractivity contribution is 0.403. The summed E-state index contributed by atoms with van der Waals surface area (Å²) in [6, 6.07) is 4.46.